The van der Waals surface area contributed by atoms with Gasteiger partial charge in [-0.1, -0.05) is 24.3 Å². The Morgan fingerprint density at radius 2 is 1.77 bits per heavy atom. The Labute approximate surface area is 178 Å². The van der Waals surface area contributed by atoms with Crippen LogP contribution in [0.5, 0.6) is 11.6 Å². The average Bonchev–Trinajstić information content (AvgIpc) is 3.34. The summed E-state index contributed by atoms with van der Waals surface area (Å²) < 4.78 is 20.9. The van der Waals surface area contributed by atoms with Gasteiger partial charge in [0.15, 0.2) is 11.6 Å². The van der Waals surface area contributed by atoms with Crippen molar-refractivity contribution in [1.82, 2.24) is 24.8 Å². The van der Waals surface area contributed by atoms with E-state index < -0.39 is 5.82 Å². The molecule has 5 rings (SSSR count). The lowest BCUT2D eigenvalue weighted by Gasteiger charge is -2.09. The van der Waals surface area contributed by atoms with Gasteiger partial charge in [0.2, 0.25) is 5.88 Å². The number of hydrogen-bond acceptors (Lipinski definition) is 4. The van der Waals surface area contributed by atoms with Gasteiger partial charge >= 0.3 is 0 Å². The first-order chi connectivity index (χ1) is 15.0. The highest BCUT2D eigenvalue weighted by atomic mass is 19.1. The average molecular weight is 415 g/mol. The lowest BCUT2D eigenvalue weighted by atomic mass is 10.1. The van der Waals surface area contributed by atoms with Gasteiger partial charge in [-0.25, -0.2) is 14.4 Å². The quantitative estimate of drug-likeness (QED) is 0.403. The third-order valence-corrected chi connectivity index (χ3v) is 5.20. The third kappa shape index (κ3) is 3.64. The van der Waals surface area contributed by atoms with Crippen LogP contribution in [0, 0.1) is 12.7 Å². The molecule has 3 aromatic heterocycles. The van der Waals surface area contributed by atoms with Gasteiger partial charge in [-0.05, 0) is 56.4 Å². The fourth-order valence-electron chi connectivity index (χ4n) is 3.78. The Kier molecular flexibility index (Phi) is 4.67. The topological polar surface area (TPSA) is 69.8 Å². The molecule has 0 bridgehead atoms. The summed E-state index contributed by atoms with van der Waals surface area (Å²) in [6, 6.07) is 15.5. The molecule has 0 atom stereocenters. The number of rotatable bonds is 5. The molecule has 0 saturated heterocycles. The number of nitrogens with one attached hydrogen (secondary N) is 2. The molecule has 2 aromatic carbocycles. The minimum Gasteiger partial charge on any atom is -0.435 e. The summed E-state index contributed by atoms with van der Waals surface area (Å²) >= 11 is 0. The zero-order valence-corrected chi connectivity index (χ0v) is 17.5. The molecule has 0 fully saturated rings. The van der Waals surface area contributed by atoms with Crippen molar-refractivity contribution in [2.45, 2.75) is 13.5 Å². The van der Waals surface area contributed by atoms with Crippen LogP contribution in [0.3, 0.4) is 0 Å². The first-order valence-electron chi connectivity index (χ1n) is 10.0. The smallest absolute Gasteiger partial charge is 0.231 e. The van der Waals surface area contributed by atoms with Gasteiger partial charge in [0.1, 0.15) is 12.0 Å². The van der Waals surface area contributed by atoms with Crippen LogP contribution in [-0.4, -0.2) is 38.9 Å². The first-order valence-corrected chi connectivity index (χ1v) is 10.0. The minimum atomic E-state index is -0.416. The molecule has 156 valence electrons. The summed E-state index contributed by atoms with van der Waals surface area (Å²) in [5.41, 5.74) is 5.42. The van der Waals surface area contributed by atoms with Crippen molar-refractivity contribution < 1.29 is 9.13 Å². The van der Waals surface area contributed by atoms with E-state index in [0.29, 0.717) is 22.3 Å². The van der Waals surface area contributed by atoms with Crippen LogP contribution in [0.1, 0.15) is 11.3 Å². The lowest BCUT2D eigenvalue weighted by molar-refractivity contribution is 0.402. The van der Waals surface area contributed by atoms with Gasteiger partial charge in [-0.15, -0.1) is 0 Å². The Morgan fingerprint density at radius 1 is 0.968 bits per heavy atom. The molecule has 0 aliphatic carbocycles. The molecule has 31 heavy (non-hydrogen) atoms. The maximum atomic E-state index is 15.0. The van der Waals surface area contributed by atoms with E-state index in [0.717, 1.165) is 29.0 Å². The Bertz CT molecular complexity index is 1380. The second-order valence-electron chi connectivity index (χ2n) is 7.95. The Hall–Kier alpha value is -3.71. The molecule has 7 heteroatoms. The fourth-order valence-corrected chi connectivity index (χ4v) is 3.78. The summed E-state index contributed by atoms with van der Waals surface area (Å²) in [5, 5.41) is 1.19. The number of H-pyrrole nitrogens is 2. The number of aromatic amines is 2. The number of aryl methyl sites for hydroxylation is 1. The SMILES string of the molecule is Cc1cc2c(F)c(Oc3ncnc4[nH]c(-c5ccc(CN(C)C)cc5)cc34)ccc2[nH]1. The molecule has 0 unspecified atom stereocenters. The highest BCUT2D eigenvalue weighted by molar-refractivity contribution is 5.87. The number of fused-ring (bicyclic) bond motifs is 2. The second kappa shape index (κ2) is 7.52. The van der Waals surface area contributed by atoms with Gasteiger partial charge in [0, 0.05) is 28.8 Å². The van der Waals surface area contributed by atoms with Gasteiger partial charge in [0.25, 0.3) is 0 Å². The summed E-state index contributed by atoms with van der Waals surface area (Å²) in [7, 11) is 4.09. The second-order valence-corrected chi connectivity index (χ2v) is 7.95. The van der Waals surface area contributed by atoms with Crippen LogP contribution >= 0.6 is 0 Å². The largest absolute Gasteiger partial charge is 0.435 e. The molecule has 3 heterocycles. The summed E-state index contributed by atoms with van der Waals surface area (Å²) in [5.74, 6) is 0.0189. The van der Waals surface area contributed by atoms with E-state index in [4.69, 9.17) is 4.74 Å². The van der Waals surface area contributed by atoms with E-state index in [2.05, 4.69) is 49.1 Å². The van der Waals surface area contributed by atoms with E-state index in [1.807, 2.05) is 27.1 Å². The predicted octanol–water partition coefficient (Wildman–Crippen LogP) is 5.41. The van der Waals surface area contributed by atoms with Crippen molar-refractivity contribution in [1.29, 1.82) is 0 Å². The molecule has 0 radical (unpaired) electrons. The molecular formula is C24H22FN5O. The zero-order valence-electron chi connectivity index (χ0n) is 17.5. The van der Waals surface area contributed by atoms with Crippen LogP contribution < -0.4 is 4.74 Å². The highest BCUT2D eigenvalue weighted by Gasteiger charge is 2.15. The van der Waals surface area contributed by atoms with Crippen LogP contribution in [-0.2, 0) is 6.54 Å². The van der Waals surface area contributed by atoms with E-state index in [9.17, 15) is 4.39 Å². The molecule has 0 saturated carbocycles. The maximum Gasteiger partial charge on any atom is 0.231 e. The zero-order chi connectivity index (χ0) is 21.5. The molecule has 0 aliphatic rings. The number of nitrogens with zero attached hydrogens (tertiary/aromatic N) is 3. The van der Waals surface area contributed by atoms with Crippen LogP contribution in [0.15, 0.2) is 54.9 Å². The van der Waals surface area contributed by atoms with Crippen LogP contribution in [0.2, 0.25) is 0 Å². The van der Waals surface area contributed by atoms with Crippen LogP contribution in [0.4, 0.5) is 4.39 Å². The monoisotopic (exact) mass is 415 g/mol. The fraction of sp³-hybridized carbons (Fsp3) is 0.167. The number of hydrogen-bond donors (Lipinski definition) is 2. The normalized spacial score (nSPS) is 11.6. The van der Waals surface area contributed by atoms with Crippen molar-refractivity contribution in [2.75, 3.05) is 14.1 Å². The van der Waals surface area contributed by atoms with Crippen molar-refractivity contribution in [3.8, 4) is 22.9 Å². The van der Waals surface area contributed by atoms with Gasteiger partial charge in [-0.3, -0.25) is 0 Å². The molecule has 0 amide bonds. The lowest BCUT2D eigenvalue weighted by Crippen LogP contribution is -2.10. The first kappa shape index (κ1) is 19.3. The molecule has 5 aromatic rings. The molecular weight excluding hydrogens is 393 g/mol. The number of benzene rings is 2. The third-order valence-electron chi connectivity index (χ3n) is 5.20. The van der Waals surface area contributed by atoms with Crippen LogP contribution in [0.25, 0.3) is 33.2 Å². The summed E-state index contributed by atoms with van der Waals surface area (Å²) in [4.78, 5) is 17.1. The van der Waals surface area contributed by atoms with E-state index in [-0.39, 0.29) is 5.75 Å². The van der Waals surface area contributed by atoms with Gasteiger partial charge in [-0.2, -0.15) is 0 Å². The molecule has 2 N–H and O–H groups in total. The number of aromatic nitrogens is 4. The number of ether oxygens (including phenoxy) is 1. The predicted molar refractivity (Wildman–Crippen MR) is 120 cm³/mol. The Balaban J connectivity index is 1.50. The van der Waals surface area contributed by atoms with Crippen molar-refractivity contribution in [3.63, 3.8) is 0 Å². The standard InChI is InChI=1S/C24H22FN5O/c1-14-10-17-19(28-14)8-9-21(22(17)25)31-24-18-11-20(29-23(18)26-13-27-24)16-6-4-15(5-7-16)12-30(2)3/h4-11,13,28H,12H2,1-3H3,(H,26,27,29). The minimum absolute atomic E-state index is 0.127. The van der Waals surface area contributed by atoms with E-state index in [1.54, 1.807) is 18.2 Å². The molecule has 0 spiro atoms. The van der Waals surface area contributed by atoms with Gasteiger partial charge in [0.05, 0.1) is 5.39 Å². The van der Waals surface area contributed by atoms with Crippen molar-refractivity contribution in [2.24, 2.45) is 0 Å². The summed E-state index contributed by atoms with van der Waals surface area (Å²) in [6.07, 6.45) is 1.41. The van der Waals surface area contributed by atoms with Crippen molar-refractivity contribution in [3.05, 3.63) is 71.9 Å². The van der Waals surface area contributed by atoms with E-state index in [1.165, 1.54) is 11.9 Å². The number of halogens is 1. The van der Waals surface area contributed by atoms with E-state index >= 15 is 0 Å². The van der Waals surface area contributed by atoms with Crippen molar-refractivity contribution >= 4 is 21.9 Å². The molecule has 6 nitrogen and oxygen atoms in total. The maximum absolute atomic E-state index is 15.0. The highest BCUT2D eigenvalue weighted by Crippen LogP contribution is 2.34. The van der Waals surface area contributed by atoms with Gasteiger partial charge < -0.3 is 19.6 Å². The Morgan fingerprint density at radius 3 is 2.55 bits per heavy atom. The summed E-state index contributed by atoms with van der Waals surface area (Å²) in [6.45, 7) is 2.77. The molecule has 0 aliphatic heterocycles.